The highest BCUT2D eigenvalue weighted by atomic mass is 19.3. The molecule has 4 atom stereocenters. The summed E-state index contributed by atoms with van der Waals surface area (Å²) in [5, 5.41) is 8.79. The average Bonchev–Trinajstić information content (AvgIpc) is 3.34. The van der Waals surface area contributed by atoms with Gasteiger partial charge in [0.25, 0.3) is 5.92 Å². The third kappa shape index (κ3) is 17.7. The lowest BCUT2D eigenvalue weighted by molar-refractivity contribution is -0.128. The summed E-state index contributed by atoms with van der Waals surface area (Å²) in [4.78, 5) is 18.0. The Morgan fingerprint density at radius 3 is 2.14 bits per heavy atom. The lowest BCUT2D eigenvalue weighted by atomic mass is 9.78. The largest absolute Gasteiger partial charge is 0.356 e. The minimum absolute atomic E-state index is 0.0697. The van der Waals surface area contributed by atoms with E-state index in [1.165, 1.54) is 25.7 Å². The van der Waals surface area contributed by atoms with Crippen molar-refractivity contribution in [1.29, 1.82) is 5.41 Å². The number of hydrogen-bond donors (Lipinski definition) is 4. The van der Waals surface area contributed by atoms with Gasteiger partial charge in [0.05, 0.1) is 5.69 Å². The molecule has 6 nitrogen and oxygen atoms in total. The number of aryl methyl sites for hydroxylation is 1. The first-order chi connectivity index (χ1) is 17.5. The summed E-state index contributed by atoms with van der Waals surface area (Å²) in [7, 11) is 0. The molecule has 0 spiro atoms. The highest BCUT2D eigenvalue weighted by Gasteiger charge is 2.41. The standard InChI is InChI=1S/C12H21N3.C7H10F3NO.C3H7N.2C2H6.C2H2/c1-8-4-3-5-10(6-8)12(13)11-7-14-9(2)15-11;8-4-7(9,10)5-1-2-6(12)11-3-5;1-3(2)4;3*1-2/h7-8,10,12H,3-6,13H2,1-2H3,(H,14,15);5H,1-4H2,(H,11,12);4H,1-2H3;2*1-2H3;1-2H/t8?,10-,12?;;;;;/m0...../s1. The number of aromatic amines is 1. The topological polar surface area (TPSA) is 108 Å². The molecule has 1 amide bonds. The van der Waals surface area contributed by atoms with Crippen molar-refractivity contribution >= 4 is 11.6 Å². The first-order valence-electron chi connectivity index (χ1n) is 13.3. The second kappa shape index (κ2) is 22.8. The molecule has 216 valence electrons. The quantitative estimate of drug-likeness (QED) is 0.248. The summed E-state index contributed by atoms with van der Waals surface area (Å²) < 4.78 is 37.1. The average molecular weight is 532 g/mol. The number of rotatable bonds is 4. The highest BCUT2D eigenvalue weighted by molar-refractivity contribution is 5.76. The van der Waals surface area contributed by atoms with Crippen LogP contribution in [0.15, 0.2) is 6.20 Å². The van der Waals surface area contributed by atoms with Crippen LogP contribution in [0.25, 0.3) is 0 Å². The lowest BCUT2D eigenvalue weighted by Crippen LogP contribution is -2.44. The van der Waals surface area contributed by atoms with E-state index in [-0.39, 0.29) is 31.3 Å². The van der Waals surface area contributed by atoms with Gasteiger partial charge < -0.3 is 21.4 Å². The number of nitrogens with one attached hydrogen (secondary N) is 3. The fourth-order valence-electron chi connectivity index (χ4n) is 3.87. The smallest absolute Gasteiger partial charge is 0.280 e. The molecule has 0 radical (unpaired) electrons. The van der Waals surface area contributed by atoms with Crippen LogP contribution >= 0.6 is 0 Å². The molecule has 5 N–H and O–H groups in total. The Bertz CT molecular complexity index is 722. The van der Waals surface area contributed by atoms with Crippen molar-refractivity contribution in [2.24, 2.45) is 23.5 Å². The number of carbonyl (C=O) groups is 1. The number of halogens is 3. The maximum Gasteiger partial charge on any atom is 0.280 e. The van der Waals surface area contributed by atoms with Gasteiger partial charge in [-0.1, -0.05) is 47.5 Å². The Balaban J connectivity index is -0.000000471. The number of H-pyrrole nitrogens is 1. The van der Waals surface area contributed by atoms with Crippen molar-refractivity contribution < 1.29 is 18.0 Å². The molecule has 37 heavy (non-hydrogen) atoms. The van der Waals surface area contributed by atoms with Crippen LogP contribution in [0.2, 0.25) is 0 Å². The zero-order chi connectivity index (χ0) is 29.6. The van der Waals surface area contributed by atoms with E-state index >= 15 is 0 Å². The van der Waals surface area contributed by atoms with E-state index in [0.717, 1.165) is 17.4 Å². The van der Waals surface area contributed by atoms with Crippen LogP contribution in [0.3, 0.4) is 0 Å². The van der Waals surface area contributed by atoms with Crippen molar-refractivity contribution in [3.05, 3.63) is 17.7 Å². The van der Waals surface area contributed by atoms with E-state index in [1.807, 2.05) is 40.8 Å². The summed E-state index contributed by atoms with van der Waals surface area (Å²) >= 11 is 0. The summed E-state index contributed by atoms with van der Waals surface area (Å²) in [6.45, 7) is 14.0. The normalized spacial score (nSPS) is 21.0. The Morgan fingerprint density at radius 1 is 1.22 bits per heavy atom. The van der Waals surface area contributed by atoms with Crippen LogP contribution in [0.5, 0.6) is 0 Å². The van der Waals surface area contributed by atoms with Gasteiger partial charge in [-0.05, 0) is 51.9 Å². The van der Waals surface area contributed by atoms with Crippen LogP contribution in [0, 0.1) is 42.9 Å². The molecule has 1 saturated carbocycles. The van der Waals surface area contributed by atoms with Crippen LogP contribution in [0.1, 0.15) is 105 Å². The second-order valence-electron chi connectivity index (χ2n) is 8.92. The molecular formula is C28H52F3N5O. The fraction of sp³-hybridized carbons (Fsp3) is 0.750. The van der Waals surface area contributed by atoms with Gasteiger partial charge in [-0.2, -0.15) is 0 Å². The van der Waals surface area contributed by atoms with E-state index in [2.05, 4.69) is 35.1 Å². The van der Waals surface area contributed by atoms with Crippen molar-refractivity contribution in [2.75, 3.05) is 13.2 Å². The van der Waals surface area contributed by atoms with E-state index in [0.29, 0.717) is 11.6 Å². The first kappa shape index (κ1) is 39.2. The number of piperidine rings is 1. The highest BCUT2D eigenvalue weighted by Crippen LogP contribution is 2.35. The molecule has 1 aromatic heterocycles. The van der Waals surface area contributed by atoms with Crippen LogP contribution in [-0.2, 0) is 4.79 Å². The third-order valence-corrected chi connectivity index (χ3v) is 5.61. The first-order valence-corrected chi connectivity index (χ1v) is 13.3. The maximum absolute atomic E-state index is 12.6. The van der Waals surface area contributed by atoms with Crippen molar-refractivity contribution in [1.82, 2.24) is 15.3 Å². The van der Waals surface area contributed by atoms with E-state index in [1.54, 1.807) is 13.8 Å². The van der Waals surface area contributed by atoms with Crippen molar-refractivity contribution in [2.45, 2.75) is 106 Å². The Hall–Kier alpha value is -2.34. The zero-order valence-electron chi connectivity index (χ0n) is 24.3. The molecular weight excluding hydrogens is 479 g/mol. The van der Waals surface area contributed by atoms with Crippen molar-refractivity contribution in [3.8, 4) is 12.8 Å². The number of nitrogens with two attached hydrogens (primary N) is 1. The fourth-order valence-corrected chi connectivity index (χ4v) is 3.87. The van der Waals surface area contributed by atoms with E-state index in [9.17, 15) is 18.0 Å². The Labute approximate surface area is 223 Å². The van der Waals surface area contributed by atoms with E-state index < -0.39 is 18.5 Å². The molecule has 9 heteroatoms. The molecule has 1 aliphatic carbocycles. The molecule has 3 unspecified atom stereocenters. The predicted molar refractivity (Wildman–Crippen MR) is 150 cm³/mol. The number of alkyl halides is 3. The van der Waals surface area contributed by atoms with Gasteiger partial charge in [-0.15, -0.1) is 12.8 Å². The summed E-state index contributed by atoms with van der Waals surface area (Å²) in [5.41, 5.74) is 8.04. The zero-order valence-corrected chi connectivity index (χ0v) is 24.3. The van der Waals surface area contributed by atoms with Crippen LogP contribution < -0.4 is 11.1 Å². The number of hydrogen-bond acceptors (Lipinski definition) is 4. The van der Waals surface area contributed by atoms with Gasteiger partial charge in [0.1, 0.15) is 5.82 Å². The molecule has 1 saturated heterocycles. The minimum atomic E-state index is -3.28. The molecule has 1 aliphatic heterocycles. The van der Waals surface area contributed by atoms with Gasteiger partial charge in [-0.3, -0.25) is 4.79 Å². The van der Waals surface area contributed by atoms with Gasteiger partial charge in [0.15, 0.2) is 6.67 Å². The summed E-state index contributed by atoms with van der Waals surface area (Å²) in [5.74, 6) is -2.13. The monoisotopic (exact) mass is 531 g/mol. The van der Waals surface area contributed by atoms with Gasteiger partial charge in [-0.25, -0.2) is 18.2 Å². The molecule has 1 aromatic rings. The number of carbonyl (C=O) groups excluding carboxylic acids is 1. The molecule has 2 heterocycles. The number of nitrogens with zero attached hydrogens (tertiary/aromatic N) is 1. The number of imidazole rings is 1. The molecule has 3 rings (SSSR count). The van der Waals surface area contributed by atoms with E-state index in [4.69, 9.17) is 11.1 Å². The van der Waals surface area contributed by atoms with Crippen molar-refractivity contribution in [3.63, 3.8) is 0 Å². The number of aromatic nitrogens is 2. The SMILES string of the molecule is C#C.CC.CC.CC(C)=N.Cc1ncc(C(N)[C@H]2CCCC(C)C2)[nH]1.O=C1CCC(C(F)(F)CF)CN1. The summed E-state index contributed by atoms with van der Waals surface area (Å²) in [6, 6.07) is 0.147. The maximum atomic E-state index is 12.6. The number of terminal acetylenes is 1. The Kier molecular flexibility index (Phi) is 24.2. The molecule has 2 aliphatic rings. The molecule has 0 bridgehead atoms. The predicted octanol–water partition coefficient (Wildman–Crippen LogP) is 7.01. The lowest BCUT2D eigenvalue weighted by Gasteiger charge is -2.30. The number of amides is 1. The van der Waals surface area contributed by atoms with Gasteiger partial charge in [0, 0.05) is 36.8 Å². The summed E-state index contributed by atoms with van der Waals surface area (Å²) in [6.07, 6.45) is 15.3. The van der Waals surface area contributed by atoms with Gasteiger partial charge >= 0.3 is 0 Å². The molecule has 0 aromatic carbocycles. The van der Waals surface area contributed by atoms with Crippen LogP contribution in [0.4, 0.5) is 13.2 Å². The minimum Gasteiger partial charge on any atom is -0.356 e. The third-order valence-electron chi connectivity index (χ3n) is 5.61. The Morgan fingerprint density at radius 2 is 1.76 bits per heavy atom. The molecule has 2 fully saturated rings. The second-order valence-corrected chi connectivity index (χ2v) is 8.92. The van der Waals surface area contributed by atoms with Crippen LogP contribution in [-0.4, -0.2) is 40.7 Å². The van der Waals surface area contributed by atoms with Gasteiger partial charge in [0.2, 0.25) is 5.91 Å².